The summed E-state index contributed by atoms with van der Waals surface area (Å²) in [5.74, 6) is -1.01. The Labute approximate surface area is 119 Å². The Morgan fingerprint density at radius 3 is 2.50 bits per heavy atom. The normalized spacial score (nSPS) is 11.7. The molecule has 110 valence electrons. The van der Waals surface area contributed by atoms with Gasteiger partial charge in [0.2, 0.25) is 0 Å². The van der Waals surface area contributed by atoms with Crippen molar-refractivity contribution in [3.63, 3.8) is 0 Å². The summed E-state index contributed by atoms with van der Waals surface area (Å²) in [7, 11) is 0. The predicted octanol–water partition coefficient (Wildman–Crippen LogP) is 3.01. The molecular formula is C15H22N2O3. The molecule has 5 nitrogen and oxygen atoms in total. The first-order chi connectivity index (χ1) is 9.58. The molecule has 0 saturated heterocycles. The number of rotatable bonds is 7. The number of para-hydroxylation sites is 1. The first kappa shape index (κ1) is 16.0. The molecule has 0 aromatic heterocycles. The van der Waals surface area contributed by atoms with E-state index < -0.39 is 18.0 Å². The Kier molecular flexibility index (Phi) is 6.56. The van der Waals surface area contributed by atoms with Crippen molar-refractivity contribution in [3.8, 4) is 0 Å². The van der Waals surface area contributed by atoms with Crippen LogP contribution in [0.3, 0.4) is 0 Å². The molecule has 0 heterocycles. The lowest BCUT2D eigenvalue weighted by Gasteiger charge is -2.15. The van der Waals surface area contributed by atoms with Gasteiger partial charge in [0.1, 0.15) is 6.04 Å². The molecule has 2 amide bonds. The van der Waals surface area contributed by atoms with E-state index in [0.717, 1.165) is 24.1 Å². The first-order valence-corrected chi connectivity index (χ1v) is 6.96. The number of aliphatic carboxylic acids is 1. The van der Waals surface area contributed by atoms with Gasteiger partial charge in [-0.2, -0.15) is 0 Å². The van der Waals surface area contributed by atoms with Crippen LogP contribution >= 0.6 is 0 Å². The number of amides is 2. The molecule has 0 radical (unpaired) electrons. The van der Waals surface area contributed by atoms with Crippen LogP contribution in [-0.4, -0.2) is 23.1 Å². The van der Waals surface area contributed by atoms with Crippen molar-refractivity contribution in [2.45, 2.75) is 45.6 Å². The molecule has 1 rings (SSSR count). The van der Waals surface area contributed by atoms with Crippen LogP contribution in [0.2, 0.25) is 0 Å². The first-order valence-electron chi connectivity index (χ1n) is 6.96. The van der Waals surface area contributed by atoms with E-state index in [1.807, 2.05) is 31.2 Å². The van der Waals surface area contributed by atoms with Gasteiger partial charge in [-0.25, -0.2) is 9.59 Å². The molecule has 1 aromatic rings. The topological polar surface area (TPSA) is 78.4 Å². The third kappa shape index (κ3) is 4.91. The summed E-state index contributed by atoms with van der Waals surface area (Å²) < 4.78 is 0. The summed E-state index contributed by atoms with van der Waals surface area (Å²) in [6.07, 6.45) is 2.96. The van der Waals surface area contributed by atoms with E-state index in [1.165, 1.54) is 0 Å². The fraction of sp³-hybridized carbons (Fsp3) is 0.467. The molecule has 3 N–H and O–H groups in total. The van der Waals surface area contributed by atoms with Gasteiger partial charge < -0.3 is 15.7 Å². The van der Waals surface area contributed by atoms with E-state index in [1.54, 1.807) is 0 Å². The van der Waals surface area contributed by atoms with Gasteiger partial charge >= 0.3 is 12.0 Å². The molecule has 0 aliphatic carbocycles. The lowest BCUT2D eigenvalue weighted by atomic mass is 10.1. The van der Waals surface area contributed by atoms with E-state index in [-0.39, 0.29) is 0 Å². The quantitative estimate of drug-likeness (QED) is 0.717. The van der Waals surface area contributed by atoms with Gasteiger partial charge in [0, 0.05) is 5.69 Å². The van der Waals surface area contributed by atoms with E-state index in [9.17, 15) is 9.59 Å². The maximum atomic E-state index is 11.9. The Balaban J connectivity index is 2.68. The Bertz CT molecular complexity index is 460. The van der Waals surface area contributed by atoms with Crippen molar-refractivity contribution in [1.82, 2.24) is 5.32 Å². The minimum Gasteiger partial charge on any atom is -0.480 e. The number of urea groups is 1. The molecule has 0 aliphatic heterocycles. The molecule has 0 aliphatic rings. The highest BCUT2D eigenvalue weighted by Crippen LogP contribution is 2.16. The number of aryl methyl sites for hydroxylation is 1. The molecule has 0 spiro atoms. The van der Waals surface area contributed by atoms with Crippen LogP contribution in [0.1, 0.15) is 38.7 Å². The van der Waals surface area contributed by atoms with Crippen LogP contribution in [0, 0.1) is 0 Å². The molecule has 1 unspecified atom stereocenters. The minimum atomic E-state index is -1.01. The average Bonchev–Trinajstić information content (AvgIpc) is 2.40. The fourth-order valence-corrected chi connectivity index (χ4v) is 1.99. The van der Waals surface area contributed by atoms with Gasteiger partial charge in [0.25, 0.3) is 0 Å². The Morgan fingerprint density at radius 1 is 1.20 bits per heavy atom. The van der Waals surface area contributed by atoms with Crippen molar-refractivity contribution in [1.29, 1.82) is 0 Å². The van der Waals surface area contributed by atoms with Gasteiger partial charge in [-0.05, 0) is 24.5 Å². The van der Waals surface area contributed by atoms with Crippen LogP contribution < -0.4 is 10.6 Å². The smallest absolute Gasteiger partial charge is 0.326 e. The average molecular weight is 278 g/mol. The number of hydrogen-bond donors (Lipinski definition) is 3. The second-order valence-corrected chi connectivity index (χ2v) is 4.69. The number of nitrogens with one attached hydrogen (secondary N) is 2. The molecule has 0 saturated carbocycles. The third-order valence-corrected chi connectivity index (χ3v) is 2.97. The zero-order valence-electron chi connectivity index (χ0n) is 12.0. The lowest BCUT2D eigenvalue weighted by Crippen LogP contribution is -2.43. The van der Waals surface area contributed by atoms with Crippen molar-refractivity contribution in [3.05, 3.63) is 29.8 Å². The second kappa shape index (κ2) is 8.19. The monoisotopic (exact) mass is 278 g/mol. The molecule has 5 heteroatoms. The van der Waals surface area contributed by atoms with E-state index in [4.69, 9.17) is 5.11 Å². The third-order valence-electron chi connectivity index (χ3n) is 2.97. The number of anilines is 1. The maximum absolute atomic E-state index is 11.9. The van der Waals surface area contributed by atoms with Gasteiger partial charge in [-0.15, -0.1) is 0 Å². The summed E-state index contributed by atoms with van der Waals surface area (Å²) in [4.78, 5) is 22.9. The van der Waals surface area contributed by atoms with Gasteiger partial charge in [-0.1, -0.05) is 44.9 Å². The van der Waals surface area contributed by atoms with Crippen LogP contribution in [0.4, 0.5) is 10.5 Å². The number of carbonyl (C=O) groups is 2. The number of carboxylic acids is 1. The number of hydrogen-bond acceptors (Lipinski definition) is 2. The Hall–Kier alpha value is -2.04. The number of carboxylic acid groups (broad SMARTS) is 1. The minimum absolute atomic E-state index is 0.416. The lowest BCUT2D eigenvalue weighted by molar-refractivity contribution is -0.139. The fourth-order valence-electron chi connectivity index (χ4n) is 1.99. The predicted molar refractivity (Wildman–Crippen MR) is 78.9 cm³/mol. The molecule has 1 aromatic carbocycles. The van der Waals surface area contributed by atoms with Gasteiger partial charge in [0.05, 0.1) is 0 Å². The summed E-state index contributed by atoms with van der Waals surface area (Å²) >= 11 is 0. The van der Waals surface area contributed by atoms with Crippen LogP contribution in [0.5, 0.6) is 0 Å². The summed E-state index contributed by atoms with van der Waals surface area (Å²) in [6.45, 7) is 3.95. The summed E-state index contributed by atoms with van der Waals surface area (Å²) in [5.41, 5.74) is 1.78. The number of carbonyl (C=O) groups excluding carboxylic acids is 1. The number of benzene rings is 1. The molecule has 0 bridgehead atoms. The van der Waals surface area contributed by atoms with E-state index >= 15 is 0 Å². The van der Waals surface area contributed by atoms with Gasteiger partial charge in [0.15, 0.2) is 0 Å². The highest BCUT2D eigenvalue weighted by atomic mass is 16.4. The second-order valence-electron chi connectivity index (χ2n) is 4.69. The van der Waals surface area contributed by atoms with Crippen molar-refractivity contribution in [2.24, 2.45) is 0 Å². The molecule has 20 heavy (non-hydrogen) atoms. The van der Waals surface area contributed by atoms with Crippen molar-refractivity contribution in [2.75, 3.05) is 5.32 Å². The zero-order valence-corrected chi connectivity index (χ0v) is 12.0. The highest BCUT2D eigenvalue weighted by molar-refractivity contribution is 5.92. The standard InChI is InChI=1S/C15H22N2O3/c1-3-7-11-9-5-6-10-12(11)16-15(20)17-13(8-4-2)14(18)19/h5-6,9-10,13H,3-4,7-8H2,1-2H3,(H,18,19)(H2,16,17,20). The van der Waals surface area contributed by atoms with Crippen LogP contribution in [-0.2, 0) is 11.2 Å². The SMILES string of the molecule is CCCc1ccccc1NC(=O)NC(CCC)C(=O)O. The maximum Gasteiger partial charge on any atom is 0.326 e. The van der Waals surface area contributed by atoms with Crippen molar-refractivity contribution >= 4 is 17.7 Å². The highest BCUT2D eigenvalue weighted by Gasteiger charge is 2.18. The van der Waals surface area contributed by atoms with Gasteiger partial charge in [-0.3, -0.25) is 0 Å². The largest absolute Gasteiger partial charge is 0.480 e. The van der Waals surface area contributed by atoms with Crippen molar-refractivity contribution < 1.29 is 14.7 Å². The van der Waals surface area contributed by atoms with E-state index in [2.05, 4.69) is 17.6 Å². The van der Waals surface area contributed by atoms with E-state index in [0.29, 0.717) is 12.8 Å². The molecule has 0 fully saturated rings. The molecule has 1 atom stereocenters. The zero-order chi connectivity index (χ0) is 15.0. The van der Waals surface area contributed by atoms with Crippen LogP contribution in [0.25, 0.3) is 0 Å². The van der Waals surface area contributed by atoms with Crippen LogP contribution in [0.15, 0.2) is 24.3 Å². The summed E-state index contributed by atoms with van der Waals surface area (Å²) in [5, 5.41) is 14.2. The molecular weight excluding hydrogens is 256 g/mol. The Morgan fingerprint density at radius 2 is 1.90 bits per heavy atom. The summed E-state index contributed by atoms with van der Waals surface area (Å²) in [6, 6.07) is 6.22.